The van der Waals surface area contributed by atoms with E-state index in [1.54, 1.807) is 0 Å². The molecule has 0 unspecified atom stereocenters. The minimum Gasteiger partial charge on any atom is -0.342 e. The number of rotatable bonds is 8. The summed E-state index contributed by atoms with van der Waals surface area (Å²) in [5, 5.41) is 2.40. The van der Waals surface area contributed by atoms with Crippen LogP contribution in [-0.2, 0) is 0 Å². The van der Waals surface area contributed by atoms with E-state index in [0.717, 1.165) is 38.8 Å². The van der Waals surface area contributed by atoms with Crippen LogP contribution < -0.4 is 0 Å². The van der Waals surface area contributed by atoms with Gasteiger partial charge in [-0.3, -0.25) is 0 Å². The molecule has 0 radical (unpaired) electrons. The molecule has 132 valence electrons. The van der Waals surface area contributed by atoms with Gasteiger partial charge >= 0.3 is 0 Å². The molecular formula is C15H24Cl4N4. The number of halogens is 4. The van der Waals surface area contributed by atoms with Crippen molar-refractivity contribution in [2.45, 2.75) is 39.5 Å². The van der Waals surface area contributed by atoms with Gasteiger partial charge in [-0.2, -0.15) is 0 Å². The normalized spacial score (nSPS) is 19.0. The lowest BCUT2D eigenvalue weighted by Crippen LogP contribution is -2.38. The monoisotopic (exact) mass is 400 g/mol. The summed E-state index contributed by atoms with van der Waals surface area (Å²) >= 11 is 25.4. The first-order valence-corrected chi connectivity index (χ1v) is 9.61. The van der Waals surface area contributed by atoms with Crippen molar-refractivity contribution in [1.29, 1.82) is 0 Å². The molecular weight excluding hydrogens is 378 g/mol. The van der Waals surface area contributed by atoms with E-state index >= 15 is 0 Å². The molecule has 0 aromatic carbocycles. The van der Waals surface area contributed by atoms with Crippen LogP contribution in [0.25, 0.3) is 0 Å². The maximum Gasteiger partial charge on any atom is 0.143 e. The van der Waals surface area contributed by atoms with E-state index in [0.29, 0.717) is 40.6 Å². The third-order valence-electron chi connectivity index (χ3n) is 4.04. The third-order valence-corrected chi connectivity index (χ3v) is 5.90. The van der Waals surface area contributed by atoms with Crippen molar-refractivity contribution in [3.8, 4) is 0 Å². The summed E-state index contributed by atoms with van der Waals surface area (Å²) in [7, 11) is 0. The van der Waals surface area contributed by atoms with Gasteiger partial charge in [0.1, 0.15) is 20.6 Å². The van der Waals surface area contributed by atoms with Crippen molar-refractivity contribution < 1.29 is 0 Å². The highest BCUT2D eigenvalue weighted by Crippen LogP contribution is 2.34. The molecule has 2 rings (SSSR count). The van der Waals surface area contributed by atoms with Gasteiger partial charge < -0.3 is 19.6 Å². The number of hydrogen-bond acceptors (Lipinski definition) is 4. The predicted octanol–water partition coefficient (Wildman–Crippen LogP) is 4.90. The molecule has 0 aromatic rings. The van der Waals surface area contributed by atoms with Gasteiger partial charge in [0.2, 0.25) is 0 Å². The fraction of sp³-hybridized carbons (Fsp3) is 0.733. The van der Waals surface area contributed by atoms with E-state index in [1.807, 2.05) is 9.80 Å². The van der Waals surface area contributed by atoms with E-state index in [1.165, 1.54) is 0 Å². The van der Waals surface area contributed by atoms with Gasteiger partial charge in [0.15, 0.2) is 0 Å². The van der Waals surface area contributed by atoms with Crippen LogP contribution >= 0.6 is 46.4 Å². The average molecular weight is 402 g/mol. The zero-order valence-electron chi connectivity index (χ0n) is 13.7. The topological polar surface area (TPSA) is 13.0 Å². The zero-order valence-corrected chi connectivity index (χ0v) is 16.7. The Hall–Kier alpha value is -0.160. The molecule has 2 heterocycles. The Bertz CT molecular complexity index is 438. The smallest absolute Gasteiger partial charge is 0.143 e. The second-order valence-electron chi connectivity index (χ2n) is 5.90. The second-order valence-corrected chi connectivity index (χ2v) is 7.33. The largest absolute Gasteiger partial charge is 0.342 e. The van der Waals surface area contributed by atoms with Crippen LogP contribution in [0.2, 0.25) is 0 Å². The van der Waals surface area contributed by atoms with Gasteiger partial charge in [0.25, 0.3) is 0 Å². The molecule has 0 spiro atoms. The molecule has 0 fully saturated rings. The summed E-state index contributed by atoms with van der Waals surface area (Å²) in [4.78, 5) is 8.24. The molecule has 0 aromatic heterocycles. The van der Waals surface area contributed by atoms with Gasteiger partial charge in [-0.15, -0.1) is 0 Å². The number of unbranched alkanes of at least 4 members (excludes halogenated alkanes) is 2. The lowest BCUT2D eigenvalue weighted by Gasteiger charge is -2.29. The quantitative estimate of drug-likeness (QED) is 0.536. The number of nitrogens with zero attached hydrogens (tertiary/aromatic N) is 4. The van der Waals surface area contributed by atoms with Gasteiger partial charge in [0.05, 0.1) is 20.0 Å². The molecule has 4 nitrogen and oxygen atoms in total. The SMILES string of the molecule is CCCCN1CN(CN2CN(CCCC)C(Cl)=C2Cl)C(Cl)=C1Cl. The summed E-state index contributed by atoms with van der Waals surface area (Å²) in [5.74, 6) is 0. The molecule has 0 saturated heterocycles. The van der Waals surface area contributed by atoms with Crippen molar-refractivity contribution in [3.05, 3.63) is 20.6 Å². The highest BCUT2D eigenvalue weighted by Gasteiger charge is 2.32. The van der Waals surface area contributed by atoms with Crippen LogP contribution in [0.4, 0.5) is 0 Å². The van der Waals surface area contributed by atoms with E-state index in [9.17, 15) is 0 Å². The van der Waals surface area contributed by atoms with E-state index < -0.39 is 0 Å². The molecule has 2 aliphatic heterocycles. The first-order valence-electron chi connectivity index (χ1n) is 8.09. The third kappa shape index (κ3) is 4.47. The van der Waals surface area contributed by atoms with E-state index in [-0.39, 0.29) is 0 Å². The summed E-state index contributed by atoms with van der Waals surface area (Å²) in [5.41, 5.74) is 0. The molecule has 0 atom stereocenters. The first kappa shape index (κ1) is 19.2. The highest BCUT2D eigenvalue weighted by atomic mass is 35.5. The van der Waals surface area contributed by atoms with Crippen molar-refractivity contribution >= 4 is 46.4 Å². The lowest BCUT2D eigenvalue weighted by molar-refractivity contribution is 0.155. The lowest BCUT2D eigenvalue weighted by atomic mass is 10.3. The predicted molar refractivity (Wildman–Crippen MR) is 99.0 cm³/mol. The minimum absolute atomic E-state index is 0.579. The fourth-order valence-electron chi connectivity index (χ4n) is 2.64. The molecule has 2 aliphatic rings. The van der Waals surface area contributed by atoms with Gasteiger partial charge in [-0.05, 0) is 12.8 Å². The van der Waals surface area contributed by atoms with E-state index in [4.69, 9.17) is 46.4 Å². The van der Waals surface area contributed by atoms with E-state index in [2.05, 4.69) is 23.6 Å². The highest BCUT2D eigenvalue weighted by molar-refractivity contribution is 6.39. The maximum atomic E-state index is 6.38. The molecule has 0 saturated carbocycles. The maximum absolute atomic E-state index is 6.38. The molecule has 0 amide bonds. The van der Waals surface area contributed by atoms with Gasteiger partial charge in [-0.1, -0.05) is 73.1 Å². The summed E-state index contributed by atoms with van der Waals surface area (Å²) in [6, 6.07) is 0. The van der Waals surface area contributed by atoms with Crippen LogP contribution in [0.15, 0.2) is 20.6 Å². The Morgan fingerprint density at radius 2 is 1.00 bits per heavy atom. The Balaban J connectivity index is 1.95. The van der Waals surface area contributed by atoms with Crippen molar-refractivity contribution in [1.82, 2.24) is 19.6 Å². The van der Waals surface area contributed by atoms with Gasteiger partial charge in [-0.25, -0.2) is 0 Å². The van der Waals surface area contributed by atoms with Crippen molar-refractivity contribution in [2.24, 2.45) is 0 Å². The van der Waals surface area contributed by atoms with Crippen LogP contribution in [0, 0.1) is 0 Å². The second kappa shape index (κ2) is 8.80. The summed E-state index contributed by atoms with van der Waals surface area (Å²) < 4.78 is 0. The van der Waals surface area contributed by atoms with Crippen LogP contribution in [0.1, 0.15) is 39.5 Å². The minimum atomic E-state index is 0.579. The van der Waals surface area contributed by atoms with Crippen molar-refractivity contribution in [3.63, 3.8) is 0 Å². The molecule has 0 bridgehead atoms. The first-order chi connectivity index (χ1) is 11.0. The van der Waals surface area contributed by atoms with Crippen LogP contribution in [0.5, 0.6) is 0 Å². The summed E-state index contributed by atoms with van der Waals surface area (Å²) in [6.07, 6.45) is 4.44. The molecule has 8 heteroatoms. The van der Waals surface area contributed by atoms with Crippen LogP contribution in [-0.4, -0.2) is 52.7 Å². The molecule has 23 heavy (non-hydrogen) atoms. The Labute approximate surface area is 159 Å². The van der Waals surface area contributed by atoms with Gasteiger partial charge in [0, 0.05) is 13.1 Å². The zero-order chi connectivity index (χ0) is 17.0. The molecule has 0 N–H and O–H groups in total. The Kier molecular flexibility index (Phi) is 7.33. The number of hydrogen-bond donors (Lipinski definition) is 0. The Morgan fingerprint density at radius 3 is 1.35 bits per heavy atom. The summed E-state index contributed by atoms with van der Waals surface area (Å²) in [6.45, 7) is 8.10. The van der Waals surface area contributed by atoms with Crippen molar-refractivity contribution in [2.75, 3.05) is 33.1 Å². The molecule has 0 aliphatic carbocycles. The average Bonchev–Trinajstić information content (AvgIpc) is 2.96. The Morgan fingerprint density at radius 1 is 0.652 bits per heavy atom. The standard InChI is InChI=1S/C15H24Cl4N4/c1-3-5-7-20-9-22(14(18)12(20)16)11-23-10-21(8-6-4-2)13(17)15(23)19/h3-11H2,1-2H3. The van der Waals surface area contributed by atoms with Crippen LogP contribution in [0.3, 0.4) is 0 Å². The fourth-order valence-corrected chi connectivity index (χ4v) is 3.61.